The summed E-state index contributed by atoms with van der Waals surface area (Å²) in [6.07, 6.45) is 1.74. The highest BCUT2D eigenvalue weighted by Gasteiger charge is 2.02. The van der Waals surface area contributed by atoms with E-state index in [1.807, 2.05) is 30.3 Å². The standard InChI is InChI=1S/C14H15NO3/c1-17-12-6-2-3-7-13(12)18-11-10-15-9-5-4-8-14(15)16/h2-9H,10-11H2,1H3. The summed E-state index contributed by atoms with van der Waals surface area (Å²) in [5.74, 6) is 1.38. The Kier molecular flexibility index (Phi) is 4.02. The molecule has 4 heteroatoms. The van der Waals surface area contributed by atoms with Crippen LogP contribution in [0.3, 0.4) is 0 Å². The molecule has 0 N–H and O–H groups in total. The maximum atomic E-state index is 11.5. The van der Waals surface area contributed by atoms with E-state index in [2.05, 4.69) is 0 Å². The smallest absolute Gasteiger partial charge is 0.250 e. The van der Waals surface area contributed by atoms with Gasteiger partial charge in [-0.3, -0.25) is 4.79 Å². The molecular weight excluding hydrogens is 230 g/mol. The number of rotatable bonds is 5. The highest BCUT2D eigenvalue weighted by Crippen LogP contribution is 2.25. The molecule has 2 aromatic rings. The van der Waals surface area contributed by atoms with Gasteiger partial charge in [-0.05, 0) is 18.2 Å². The number of benzene rings is 1. The minimum Gasteiger partial charge on any atom is -0.493 e. The third-order valence-electron chi connectivity index (χ3n) is 2.56. The van der Waals surface area contributed by atoms with Gasteiger partial charge in [0.15, 0.2) is 11.5 Å². The molecular formula is C14H15NO3. The van der Waals surface area contributed by atoms with E-state index in [0.29, 0.717) is 24.7 Å². The Bertz CT molecular complexity index is 563. The number of hydrogen-bond acceptors (Lipinski definition) is 3. The molecule has 4 nitrogen and oxygen atoms in total. The first-order valence-electron chi connectivity index (χ1n) is 5.72. The van der Waals surface area contributed by atoms with Crippen LogP contribution >= 0.6 is 0 Å². The first kappa shape index (κ1) is 12.2. The maximum Gasteiger partial charge on any atom is 0.250 e. The van der Waals surface area contributed by atoms with Gasteiger partial charge in [0.25, 0.3) is 5.56 Å². The topological polar surface area (TPSA) is 40.5 Å². The van der Waals surface area contributed by atoms with Crippen molar-refractivity contribution in [2.45, 2.75) is 6.54 Å². The van der Waals surface area contributed by atoms with Crippen molar-refractivity contribution in [2.24, 2.45) is 0 Å². The second-order valence-corrected chi connectivity index (χ2v) is 3.73. The van der Waals surface area contributed by atoms with E-state index in [9.17, 15) is 4.79 Å². The lowest BCUT2D eigenvalue weighted by atomic mass is 10.3. The third kappa shape index (κ3) is 2.91. The number of nitrogens with zero attached hydrogens (tertiary/aromatic N) is 1. The molecule has 18 heavy (non-hydrogen) atoms. The summed E-state index contributed by atoms with van der Waals surface area (Å²) in [7, 11) is 1.60. The molecule has 0 bridgehead atoms. The van der Waals surface area contributed by atoms with Crippen molar-refractivity contribution in [3.05, 3.63) is 59.0 Å². The zero-order chi connectivity index (χ0) is 12.8. The van der Waals surface area contributed by atoms with Crippen molar-refractivity contribution in [3.63, 3.8) is 0 Å². The highest BCUT2D eigenvalue weighted by atomic mass is 16.5. The largest absolute Gasteiger partial charge is 0.493 e. The zero-order valence-corrected chi connectivity index (χ0v) is 10.2. The molecule has 2 rings (SSSR count). The van der Waals surface area contributed by atoms with Crippen LogP contribution < -0.4 is 15.0 Å². The van der Waals surface area contributed by atoms with Crippen molar-refractivity contribution in [3.8, 4) is 11.5 Å². The van der Waals surface area contributed by atoms with E-state index in [0.717, 1.165) is 0 Å². The molecule has 0 spiro atoms. The quantitative estimate of drug-likeness (QED) is 0.808. The lowest BCUT2D eigenvalue weighted by Gasteiger charge is -2.10. The molecule has 0 aliphatic carbocycles. The lowest BCUT2D eigenvalue weighted by molar-refractivity contribution is 0.278. The lowest BCUT2D eigenvalue weighted by Crippen LogP contribution is -2.21. The number of para-hydroxylation sites is 2. The predicted octanol–water partition coefficient (Wildman–Crippen LogP) is 1.94. The Morgan fingerprint density at radius 2 is 1.78 bits per heavy atom. The molecule has 0 radical (unpaired) electrons. The molecule has 0 fully saturated rings. The summed E-state index contributed by atoms with van der Waals surface area (Å²) in [4.78, 5) is 11.5. The van der Waals surface area contributed by atoms with E-state index in [1.165, 1.54) is 6.07 Å². The summed E-state index contributed by atoms with van der Waals surface area (Å²) in [6.45, 7) is 0.933. The molecule has 1 aromatic carbocycles. The summed E-state index contributed by atoms with van der Waals surface area (Å²) < 4.78 is 12.4. The van der Waals surface area contributed by atoms with Gasteiger partial charge in [-0.15, -0.1) is 0 Å². The van der Waals surface area contributed by atoms with Crippen LogP contribution in [0.25, 0.3) is 0 Å². The van der Waals surface area contributed by atoms with Gasteiger partial charge in [-0.25, -0.2) is 0 Å². The number of methoxy groups -OCH3 is 1. The summed E-state index contributed by atoms with van der Waals surface area (Å²) in [6, 6.07) is 12.5. The number of aromatic nitrogens is 1. The molecule has 0 atom stereocenters. The number of ether oxygens (including phenoxy) is 2. The van der Waals surface area contributed by atoms with Gasteiger partial charge < -0.3 is 14.0 Å². The van der Waals surface area contributed by atoms with Crippen molar-refractivity contribution < 1.29 is 9.47 Å². The van der Waals surface area contributed by atoms with Gasteiger partial charge in [-0.2, -0.15) is 0 Å². The fourth-order valence-corrected chi connectivity index (χ4v) is 1.64. The van der Waals surface area contributed by atoms with Crippen LogP contribution in [0.15, 0.2) is 53.5 Å². The average Bonchev–Trinajstić information content (AvgIpc) is 2.41. The molecule has 1 heterocycles. The van der Waals surface area contributed by atoms with Crippen LogP contribution in [-0.4, -0.2) is 18.3 Å². The Labute approximate surface area is 105 Å². The minimum atomic E-state index is -0.0267. The van der Waals surface area contributed by atoms with Crippen molar-refractivity contribution in [1.82, 2.24) is 4.57 Å². The Hall–Kier alpha value is -2.23. The minimum absolute atomic E-state index is 0.0267. The molecule has 0 aliphatic heterocycles. The van der Waals surface area contributed by atoms with Gasteiger partial charge in [0.2, 0.25) is 0 Å². The van der Waals surface area contributed by atoms with Crippen LogP contribution in [0.1, 0.15) is 0 Å². The summed E-state index contributed by atoms with van der Waals surface area (Å²) in [5.41, 5.74) is -0.0267. The normalized spacial score (nSPS) is 10.1. The molecule has 0 unspecified atom stereocenters. The SMILES string of the molecule is COc1ccccc1OCCn1ccccc1=O. The van der Waals surface area contributed by atoms with Crippen LogP contribution in [0.2, 0.25) is 0 Å². The van der Waals surface area contributed by atoms with Gasteiger partial charge in [-0.1, -0.05) is 18.2 Å². The van der Waals surface area contributed by atoms with Gasteiger partial charge in [0, 0.05) is 12.3 Å². The maximum absolute atomic E-state index is 11.5. The highest BCUT2D eigenvalue weighted by molar-refractivity contribution is 5.39. The second kappa shape index (κ2) is 5.91. The van der Waals surface area contributed by atoms with Crippen LogP contribution in [0, 0.1) is 0 Å². The molecule has 0 saturated heterocycles. The molecule has 94 valence electrons. The monoisotopic (exact) mass is 245 g/mol. The van der Waals surface area contributed by atoms with Crippen molar-refractivity contribution in [2.75, 3.05) is 13.7 Å². The summed E-state index contributed by atoms with van der Waals surface area (Å²) in [5, 5.41) is 0. The van der Waals surface area contributed by atoms with E-state index in [-0.39, 0.29) is 5.56 Å². The van der Waals surface area contributed by atoms with Gasteiger partial charge in [0.05, 0.1) is 13.7 Å². The molecule has 0 saturated carbocycles. The van der Waals surface area contributed by atoms with E-state index >= 15 is 0 Å². The second-order valence-electron chi connectivity index (χ2n) is 3.73. The fourth-order valence-electron chi connectivity index (χ4n) is 1.64. The molecule has 1 aromatic heterocycles. The number of pyridine rings is 1. The fraction of sp³-hybridized carbons (Fsp3) is 0.214. The van der Waals surface area contributed by atoms with Crippen LogP contribution in [-0.2, 0) is 6.54 Å². The van der Waals surface area contributed by atoms with E-state index < -0.39 is 0 Å². The van der Waals surface area contributed by atoms with Crippen molar-refractivity contribution in [1.29, 1.82) is 0 Å². The Morgan fingerprint density at radius 3 is 2.50 bits per heavy atom. The van der Waals surface area contributed by atoms with Crippen LogP contribution in [0.4, 0.5) is 0 Å². The van der Waals surface area contributed by atoms with Gasteiger partial charge in [0.1, 0.15) is 6.61 Å². The van der Waals surface area contributed by atoms with E-state index in [1.54, 1.807) is 23.9 Å². The predicted molar refractivity (Wildman–Crippen MR) is 69.2 cm³/mol. The first-order chi connectivity index (χ1) is 8.81. The van der Waals surface area contributed by atoms with Gasteiger partial charge >= 0.3 is 0 Å². The van der Waals surface area contributed by atoms with Crippen molar-refractivity contribution >= 4 is 0 Å². The molecule has 0 aliphatic rings. The average molecular weight is 245 g/mol. The first-order valence-corrected chi connectivity index (χ1v) is 5.72. The summed E-state index contributed by atoms with van der Waals surface area (Å²) >= 11 is 0. The zero-order valence-electron chi connectivity index (χ0n) is 10.2. The Morgan fingerprint density at radius 1 is 1.06 bits per heavy atom. The number of hydrogen-bond donors (Lipinski definition) is 0. The third-order valence-corrected chi connectivity index (χ3v) is 2.56. The van der Waals surface area contributed by atoms with Crippen LogP contribution in [0.5, 0.6) is 11.5 Å². The molecule has 0 amide bonds. The van der Waals surface area contributed by atoms with E-state index in [4.69, 9.17) is 9.47 Å². The Balaban J connectivity index is 1.97.